The van der Waals surface area contributed by atoms with Crippen molar-refractivity contribution in [2.24, 2.45) is 0 Å². The molecule has 2 heterocycles. The second-order valence-corrected chi connectivity index (χ2v) is 5.37. The Hall–Kier alpha value is -1.62. The molecule has 0 aliphatic rings. The number of likely N-dealkylation sites (N-methyl/N-ethyl adjacent to an activating group) is 1. The molecule has 5 nitrogen and oxygen atoms in total. The lowest BCUT2D eigenvalue weighted by atomic mass is 10.2. The topological polar surface area (TPSA) is 51.0 Å². The number of imidazole rings is 1. The summed E-state index contributed by atoms with van der Waals surface area (Å²) in [6.45, 7) is 3.67. The fraction of sp³-hybridized carbons (Fsp3) is 0.462. The highest BCUT2D eigenvalue weighted by molar-refractivity contribution is 6.20. The molecule has 6 heteroatoms. The molecule has 0 N–H and O–H groups in total. The van der Waals surface area contributed by atoms with Crippen LogP contribution in [-0.2, 0) is 4.79 Å². The Kier molecular flexibility index (Phi) is 3.75. The zero-order chi connectivity index (χ0) is 14.2. The molecule has 0 aliphatic carbocycles. The van der Waals surface area contributed by atoms with Crippen LogP contribution in [0.15, 0.2) is 18.3 Å². The van der Waals surface area contributed by atoms with Gasteiger partial charge in [-0.1, -0.05) is 0 Å². The lowest BCUT2D eigenvalue weighted by Gasteiger charge is -2.20. The Morgan fingerprint density at radius 3 is 2.68 bits per heavy atom. The maximum absolute atomic E-state index is 12.2. The standard InChI is InChI=1S/C13H17ClN4O/c1-8(14)11-16-10-6-5-7-15-12(10)18(11)9(2)13(19)17(3)4/h5-9H,1-4H3. The predicted molar refractivity (Wildman–Crippen MR) is 75.2 cm³/mol. The van der Waals surface area contributed by atoms with E-state index in [1.165, 1.54) is 0 Å². The first kappa shape index (κ1) is 13.8. The molecule has 0 saturated heterocycles. The van der Waals surface area contributed by atoms with Gasteiger partial charge in [0.15, 0.2) is 5.65 Å². The lowest BCUT2D eigenvalue weighted by molar-refractivity contribution is -0.131. The second kappa shape index (κ2) is 5.17. The Morgan fingerprint density at radius 2 is 2.11 bits per heavy atom. The van der Waals surface area contributed by atoms with Crippen molar-refractivity contribution >= 4 is 28.7 Å². The van der Waals surface area contributed by atoms with E-state index >= 15 is 0 Å². The SMILES string of the molecule is CC(Cl)c1nc2cccnc2n1C(C)C(=O)N(C)C. The normalized spacial score (nSPS) is 14.4. The van der Waals surface area contributed by atoms with Crippen LogP contribution < -0.4 is 0 Å². The predicted octanol–water partition coefficient (Wildman–Crippen LogP) is 2.38. The van der Waals surface area contributed by atoms with Crippen molar-refractivity contribution in [3.63, 3.8) is 0 Å². The van der Waals surface area contributed by atoms with E-state index in [9.17, 15) is 4.79 Å². The number of carbonyl (C=O) groups is 1. The molecule has 0 bridgehead atoms. The summed E-state index contributed by atoms with van der Waals surface area (Å²) < 4.78 is 1.81. The molecule has 0 aliphatic heterocycles. The fourth-order valence-electron chi connectivity index (χ4n) is 2.09. The van der Waals surface area contributed by atoms with Crippen LogP contribution in [0.4, 0.5) is 0 Å². The van der Waals surface area contributed by atoms with Crippen LogP contribution in [0.5, 0.6) is 0 Å². The number of alkyl halides is 1. The van der Waals surface area contributed by atoms with Gasteiger partial charge in [0.1, 0.15) is 17.4 Å². The molecular weight excluding hydrogens is 264 g/mol. The molecule has 102 valence electrons. The van der Waals surface area contributed by atoms with Gasteiger partial charge in [-0.25, -0.2) is 9.97 Å². The van der Waals surface area contributed by atoms with Gasteiger partial charge >= 0.3 is 0 Å². The molecule has 2 aromatic heterocycles. The summed E-state index contributed by atoms with van der Waals surface area (Å²) in [5.41, 5.74) is 1.44. The molecule has 2 atom stereocenters. The number of pyridine rings is 1. The summed E-state index contributed by atoms with van der Waals surface area (Å²) in [6, 6.07) is 3.31. The van der Waals surface area contributed by atoms with Gasteiger partial charge in [-0.3, -0.25) is 9.36 Å². The van der Waals surface area contributed by atoms with Crippen LogP contribution in [0.3, 0.4) is 0 Å². The molecule has 1 amide bonds. The molecule has 2 rings (SSSR count). The lowest BCUT2D eigenvalue weighted by Crippen LogP contribution is -2.30. The van der Waals surface area contributed by atoms with Gasteiger partial charge in [0.25, 0.3) is 0 Å². The number of hydrogen-bond acceptors (Lipinski definition) is 3. The molecule has 2 aromatic rings. The fourth-order valence-corrected chi connectivity index (χ4v) is 2.25. The minimum absolute atomic E-state index is 0.0106. The highest BCUT2D eigenvalue weighted by atomic mass is 35.5. The highest BCUT2D eigenvalue weighted by Gasteiger charge is 2.25. The molecular formula is C13H17ClN4O. The molecule has 0 fully saturated rings. The van der Waals surface area contributed by atoms with Gasteiger partial charge in [-0.15, -0.1) is 11.6 Å². The van der Waals surface area contributed by atoms with Crippen molar-refractivity contribution in [2.75, 3.05) is 14.1 Å². The quantitative estimate of drug-likeness (QED) is 0.811. The molecule has 0 spiro atoms. The maximum Gasteiger partial charge on any atom is 0.244 e. The van der Waals surface area contributed by atoms with E-state index in [1.807, 2.05) is 30.5 Å². The Labute approximate surface area is 117 Å². The van der Waals surface area contributed by atoms with Gasteiger partial charge < -0.3 is 4.90 Å². The monoisotopic (exact) mass is 280 g/mol. The Morgan fingerprint density at radius 1 is 1.42 bits per heavy atom. The molecule has 0 saturated carbocycles. The molecule has 0 aromatic carbocycles. The number of fused-ring (bicyclic) bond motifs is 1. The van der Waals surface area contributed by atoms with Crippen LogP contribution in [0.1, 0.15) is 31.1 Å². The number of halogens is 1. The summed E-state index contributed by atoms with van der Waals surface area (Å²) in [5.74, 6) is 0.654. The van der Waals surface area contributed by atoms with Gasteiger partial charge in [0.2, 0.25) is 5.91 Å². The number of rotatable bonds is 3. The minimum atomic E-state index is -0.383. The van der Waals surface area contributed by atoms with Crippen LogP contribution in [0, 0.1) is 0 Å². The van der Waals surface area contributed by atoms with E-state index < -0.39 is 0 Å². The van der Waals surface area contributed by atoms with E-state index in [0.29, 0.717) is 11.5 Å². The zero-order valence-corrected chi connectivity index (χ0v) is 12.2. The van der Waals surface area contributed by atoms with E-state index in [0.717, 1.165) is 5.52 Å². The summed E-state index contributed by atoms with van der Waals surface area (Å²) in [7, 11) is 3.46. The molecule has 19 heavy (non-hydrogen) atoms. The van der Waals surface area contributed by atoms with E-state index in [2.05, 4.69) is 9.97 Å². The number of carbonyl (C=O) groups excluding carboxylic acids is 1. The number of nitrogens with zero attached hydrogens (tertiary/aromatic N) is 4. The molecule has 2 unspecified atom stereocenters. The average molecular weight is 281 g/mol. The van der Waals surface area contributed by atoms with Gasteiger partial charge in [-0.05, 0) is 26.0 Å². The first-order chi connectivity index (χ1) is 8.93. The third-order valence-corrected chi connectivity index (χ3v) is 3.21. The Bertz CT molecular complexity index is 606. The van der Waals surface area contributed by atoms with Crippen LogP contribution in [-0.4, -0.2) is 39.4 Å². The van der Waals surface area contributed by atoms with Gasteiger partial charge in [0.05, 0.1) is 5.38 Å². The molecule has 0 radical (unpaired) electrons. The number of aromatic nitrogens is 3. The van der Waals surface area contributed by atoms with Crippen LogP contribution >= 0.6 is 11.6 Å². The van der Waals surface area contributed by atoms with Crippen molar-refractivity contribution < 1.29 is 4.79 Å². The first-order valence-electron chi connectivity index (χ1n) is 6.11. The summed E-state index contributed by atoms with van der Waals surface area (Å²) in [6.07, 6.45) is 1.69. The van der Waals surface area contributed by atoms with Crippen molar-refractivity contribution in [1.29, 1.82) is 0 Å². The average Bonchev–Trinajstić information content (AvgIpc) is 2.76. The summed E-state index contributed by atoms with van der Waals surface area (Å²) >= 11 is 6.17. The highest BCUT2D eigenvalue weighted by Crippen LogP contribution is 2.27. The van der Waals surface area contributed by atoms with Crippen LogP contribution in [0.25, 0.3) is 11.2 Å². The third kappa shape index (κ3) is 2.42. The Balaban J connectivity index is 2.62. The summed E-state index contributed by atoms with van der Waals surface area (Å²) in [4.78, 5) is 22.5. The van der Waals surface area contributed by atoms with E-state index in [-0.39, 0.29) is 17.3 Å². The van der Waals surface area contributed by atoms with Crippen molar-refractivity contribution in [1.82, 2.24) is 19.4 Å². The smallest absolute Gasteiger partial charge is 0.244 e. The van der Waals surface area contributed by atoms with E-state index in [4.69, 9.17) is 11.6 Å². The maximum atomic E-state index is 12.2. The van der Waals surface area contributed by atoms with Gasteiger partial charge in [0, 0.05) is 20.3 Å². The summed E-state index contributed by atoms with van der Waals surface area (Å²) in [5, 5.41) is -0.286. The first-order valence-corrected chi connectivity index (χ1v) is 6.55. The second-order valence-electron chi connectivity index (χ2n) is 4.71. The minimum Gasteiger partial charge on any atom is -0.347 e. The van der Waals surface area contributed by atoms with Crippen molar-refractivity contribution in [3.8, 4) is 0 Å². The van der Waals surface area contributed by atoms with Crippen molar-refractivity contribution in [2.45, 2.75) is 25.3 Å². The zero-order valence-electron chi connectivity index (χ0n) is 11.5. The van der Waals surface area contributed by atoms with Crippen LogP contribution in [0.2, 0.25) is 0 Å². The largest absolute Gasteiger partial charge is 0.347 e. The third-order valence-electron chi connectivity index (χ3n) is 3.02. The van der Waals surface area contributed by atoms with Gasteiger partial charge in [-0.2, -0.15) is 0 Å². The van der Waals surface area contributed by atoms with Crippen molar-refractivity contribution in [3.05, 3.63) is 24.2 Å². The van der Waals surface area contributed by atoms with E-state index in [1.54, 1.807) is 25.2 Å². The number of amides is 1. The number of hydrogen-bond donors (Lipinski definition) is 0.